The number of thioether (sulfide) groups is 1. The van der Waals surface area contributed by atoms with Crippen LogP contribution in [0.3, 0.4) is 0 Å². The van der Waals surface area contributed by atoms with E-state index in [4.69, 9.17) is 4.74 Å². The van der Waals surface area contributed by atoms with Crippen LogP contribution in [0.4, 0.5) is 0 Å². The summed E-state index contributed by atoms with van der Waals surface area (Å²) >= 11 is 1.27. The van der Waals surface area contributed by atoms with Crippen LogP contribution in [0.15, 0.2) is 9.95 Å². The number of nitrogens with zero attached hydrogens (tertiary/aromatic N) is 2. The fourth-order valence-corrected chi connectivity index (χ4v) is 2.46. The number of hydrogen-bond acceptors (Lipinski definition) is 5. The molecule has 1 aromatic heterocycles. The van der Waals surface area contributed by atoms with Gasteiger partial charge in [0.25, 0.3) is 0 Å². The number of carbonyl (C=O) groups excluding carboxylic acids is 1. The van der Waals surface area contributed by atoms with Crippen LogP contribution in [-0.4, -0.2) is 45.7 Å². The fourth-order valence-electron chi connectivity index (χ4n) is 1.57. The highest BCUT2D eigenvalue weighted by atomic mass is 32.2. The molecule has 1 atom stereocenters. The molecule has 2 N–H and O–H groups in total. The Morgan fingerprint density at radius 2 is 2.20 bits per heavy atom. The van der Waals surface area contributed by atoms with E-state index in [1.165, 1.54) is 16.3 Å². The maximum Gasteiger partial charge on any atom is 0.343 e. The smallest absolute Gasteiger partial charge is 0.343 e. The van der Waals surface area contributed by atoms with Gasteiger partial charge in [-0.1, -0.05) is 11.8 Å². The van der Waals surface area contributed by atoms with Crippen LogP contribution < -0.4 is 11.0 Å². The summed E-state index contributed by atoms with van der Waals surface area (Å²) in [6.07, 6.45) is 0.718. The Kier molecular flexibility index (Phi) is 6.80. The predicted molar refractivity (Wildman–Crippen MR) is 77.9 cm³/mol. The molecule has 1 aromatic rings. The molecule has 0 fully saturated rings. The van der Waals surface area contributed by atoms with Gasteiger partial charge in [-0.2, -0.15) is 0 Å². The van der Waals surface area contributed by atoms with Crippen molar-refractivity contribution in [2.75, 3.05) is 13.7 Å². The molecule has 0 bridgehead atoms. The van der Waals surface area contributed by atoms with E-state index in [1.807, 2.05) is 13.8 Å². The summed E-state index contributed by atoms with van der Waals surface area (Å²) in [6, 6.07) is 0.0913. The molecule has 0 unspecified atom stereocenters. The molecule has 1 rings (SSSR count). The van der Waals surface area contributed by atoms with E-state index in [0.29, 0.717) is 18.3 Å². The first-order chi connectivity index (χ1) is 9.45. The van der Waals surface area contributed by atoms with Crippen molar-refractivity contribution in [3.05, 3.63) is 10.5 Å². The van der Waals surface area contributed by atoms with Crippen molar-refractivity contribution in [1.29, 1.82) is 0 Å². The standard InChI is InChI=1S/C12H22N4O3S/c1-8(2)13-10(17)9(3)20-12-15-14-11(18)16(12)6-5-7-19-4/h8-9H,5-7H2,1-4H3,(H,13,17)(H,14,18)/t9-/m0/s1. The summed E-state index contributed by atoms with van der Waals surface area (Å²) in [6.45, 7) is 6.70. The number of carbonyl (C=O) groups is 1. The van der Waals surface area contributed by atoms with Crippen molar-refractivity contribution in [3.63, 3.8) is 0 Å². The molecule has 0 radical (unpaired) electrons. The van der Waals surface area contributed by atoms with E-state index in [1.54, 1.807) is 14.0 Å². The lowest BCUT2D eigenvalue weighted by atomic mass is 10.3. The number of ether oxygens (including phenoxy) is 1. The molecule has 0 saturated carbocycles. The van der Waals surface area contributed by atoms with Crippen LogP contribution in [0.5, 0.6) is 0 Å². The second-order valence-corrected chi connectivity index (χ2v) is 6.04. The van der Waals surface area contributed by atoms with E-state index >= 15 is 0 Å². The van der Waals surface area contributed by atoms with Crippen molar-refractivity contribution in [2.24, 2.45) is 0 Å². The molecule has 0 aliphatic carbocycles. The lowest BCUT2D eigenvalue weighted by molar-refractivity contribution is -0.120. The lowest BCUT2D eigenvalue weighted by Gasteiger charge is -2.14. The van der Waals surface area contributed by atoms with Crippen LogP contribution in [0, 0.1) is 0 Å². The van der Waals surface area contributed by atoms with Gasteiger partial charge < -0.3 is 10.1 Å². The summed E-state index contributed by atoms with van der Waals surface area (Å²) in [5, 5.41) is 9.43. The summed E-state index contributed by atoms with van der Waals surface area (Å²) in [5.41, 5.74) is -0.264. The minimum atomic E-state index is -0.311. The molecule has 0 spiro atoms. The second kappa shape index (κ2) is 8.11. The summed E-state index contributed by atoms with van der Waals surface area (Å²) in [7, 11) is 1.62. The van der Waals surface area contributed by atoms with Gasteiger partial charge in [-0.3, -0.25) is 9.36 Å². The van der Waals surface area contributed by atoms with Gasteiger partial charge in [0, 0.05) is 26.3 Å². The average molecular weight is 302 g/mol. The minimum Gasteiger partial charge on any atom is -0.385 e. The number of aromatic nitrogens is 3. The first-order valence-corrected chi connectivity index (χ1v) is 7.44. The van der Waals surface area contributed by atoms with Gasteiger partial charge in [-0.25, -0.2) is 9.89 Å². The van der Waals surface area contributed by atoms with Gasteiger partial charge in [0.1, 0.15) is 0 Å². The molecule has 0 aromatic carbocycles. The summed E-state index contributed by atoms with van der Waals surface area (Å²) in [5.74, 6) is -0.0658. The van der Waals surface area contributed by atoms with Gasteiger partial charge in [0.2, 0.25) is 5.91 Å². The highest BCUT2D eigenvalue weighted by molar-refractivity contribution is 8.00. The topological polar surface area (TPSA) is 89.0 Å². The molecule has 0 aliphatic rings. The summed E-state index contributed by atoms with van der Waals surface area (Å²) < 4.78 is 6.50. The highest BCUT2D eigenvalue weighted by Gasteiger charge is 2.19. The van der Waals surface area contributed by atoms with E-state index < -0.39 is 0 Å². The Bertz CT molecular complexity index is 483. The van der Waals surface area contributed by atoms with Crippen molar-refractivity contribution in [1.82, 2.24) is 20.1 Å². The van der Waals surface area contributed by atoms with Crippen molar-refractivity contribution >= 4 is 17.7 Å². The van der Waals surface area contributed by atoms with Gasteiger partial charge in [0.15, 0.2) is 5.16 Å². The molecule has 1 amide bonds. The molecule has 0 aliphatic heterocycles. The van der Waals surface area contributed by atoms with Crippen LogP contribution in [-0.2, 0) is 16.1 Å². The van der Waals surface area contributed by atoms with E-state index in [-0.39, 0.29) is 22.9 Å². The molecule has 1 heterocycles. The first-order valence-electron chi connectivity index (χ1n) is 6.57. The first kappa shape index (κ1) is 16.8. The fraction of sp³-hybridized carbons (Fsp3) is 0.750. The number of aromatic amines is 1. The Balaban J connectivity index is 2.67. The highest BCUT2D eigenvalue weighted by Crippen LogP contribution is 2.20. The van der Waals surface area contributed by atoms with E-state index in [9.17, 15) is 9.59 Å². The zero-order valence-electron chi connectivity index (χ0n) is 12.3. The number of amides is 1. The SMILES string of the molecule is COCCCn1c(S[C@@H](C)C(=O)NC(C)C)n[nH]c1=O. The summed E-state index contributed by atoms with van der Waals surface area (Å²) in [4.78, 5) is 23.5. The largest absolute Gasteiger partial charge is 0.385 e. The average Bonchev–Trinajstić information content (AvgIpc) is 2.70. The molecule has 8 heteroatoms. The molecular formula is C12H22N4O3S. The van der Waals surface area contributed by atoms with Gasteiger partial charge >= 0.3 is 5.69 Å². The quantitative estimate of drug-likeness (QED) is 0.542. The predicted octanol–water partition coefficient (Wildman–Crippen LogP) is 0.613. The number of H-pyrrole nitrogens is 1. The van der Waals surface area contributed by atoms with E-state index in [2.05, 4.69) is 15.5 Å². The van der Waals surface area contributed by atoms with Crippen molar-refractivity contribution < 1.29 is 9.53 Å². The Morgan fingerprint density at radius 1 is 1.50 bits per heavy atom. The van der Waals surface area contributed by atoms with Crippen LogP contribution in [0.25, 0.3) is 0 Å². The molecule has 7 nitrogen and oxygen atoms in total. The Hall–Kier alpha value is -1.28. The van der Waals surface area contributed by atoms with Gasteiger partial charge in [0.05, 0.1) is 5.25 Å². The third-order valence-corrected chi connectivity index (χ3v) is 3.63. The number of rotatable bonds is 8. The van der Waals surface area contributed by atoms with Crippen LogP contribution in [0.2, 0.25) is 0 Å². The normalized spacial score (nSPS) is 12.7. The third-order valence-electron chi connectivity index (χ3n) is 2.54. The van der Waals surface area contributed by atoms with Gasteiger partial charge in [-0.15, -0.1) is 5.10 Å². The number of hydrogen-bond donors (Lipinski definition) is 2. The van der Waals surface area contributed by atoms with Crippen molar-refractivity contribution in [2.45, 2.75) is 50.2 Å². The maximum absolute atomic E-state index is 11.9. The monoisotopic (exact) mass is 302 g/mol. The number of methoxy groups -OCH3 is 1. The second-order valence-electron chi connectivity index (χ2n) is 4.73. The van der Waals surface area contributed by atoms with Crippen molar-refractivity contribution in [3.8, 4) is 0 Å². The zero-order valence-corrected chi connectivity index (χ0v) is 13.1. The Labute approximate surface area is 122 Å². The van der Waals surface area contributed by atoms with Crippen LogP contribution in [0.1, 0.15) is 27.2 Å². The molecule has 20 heavy (non-hydrogen) atoms. The minimum absolute atomic E-state index is 0.0658. The third kappa shape index (κ3) is 5.01. The zero-order chi connectivity index (χ0) is 15.1. The molecule has 0 saturated heterocycles. The maximum atomic E-state index is 11.9. The van der Waals surface area contributed by atoms with Gasteiger partial charge in [-0.05, 0) is 27.2 Å². The lowest BCUT2D eigenvalue weighted by Crippen LogP contribution is -2.36. The van der Waals surface area contributed by atoms with Crippen LogP contribution >= 0.6 is 11.8 Å². The Morgan fingerprint density at radius 3 is 2.80 bits per heavy atom. The number of nitrogens with one attached hydrogen (secondary N) is 2. The van der Waals surface area contributed by atoms with E-state index in [0.717, 1.165) is 6.42 Å². The molecule has 114 valence electrons. The molecular weight excluding hydrogens is 280 g/mol.